The maximum absolute atomic E-state index is 5.36. The van der Waals surface area contributed by atoms with Gasteiger partial charge in [-0.2, -0.15) is 0 Å². The predicted octanol–water partition coefficient (Wildman–Crippen LogP) is 3.19. The van der Waals surface area contributed by atoms with Gasteiger partial charge >= 0.3 is 0 Å². The predicted molar refractivity (Wildman–Crippen MR) is 107 cm³/mol. The van der Waals surface area contributed by atoms with Crippen LogP contribution in [0.5, 0.6) is 5.75 Å². The third-order valence-corrected chi connectivity index (χ3v) is 5.06. The van der Waals surface area contributed by atoms with Crippen molar-refractivity contribution in [1.29, 1.82) is 0 Å². The van der Waals surface area contributed by atoms with E-state index in [2.05, 4.69) is 35.3 Å². The largest absolute Gasteiger partial charge is 0.497 e. The molecule has 3 atom stereocenters. The topological polar surface area (TPSA) is 57.4 Å². The number of thiocarbonyl (C=S) groups is 2. The molecular formula is C17H26N4OS2. The lowest BCUT2D eigenvalue weighted by Gasteiger charge is -2.35. The van der Waals surface area contributed by atoms with Crippen LogP contribution in [0.2, 0.25) is 0 Å². The molecule has 0 spiro atoms. The standard InChI is InChI=1S/C17H26N4OS2/c1-11-6-4-9-15(12(11)2)19-17(24)21-20-16(23)18-13-7-5-8-14(10-13)22-3/h5,7-8,10-12,15H,4,6,9H2,1-3H3,(H2,18,20,23)(H2,19,21,24)/t11-,12-,15-/m1/s1. The maximum Gasteiger partial charge on any atom is 0.189 e. The van der Waals surface area contributed by atoms with Gasteiger partial charge in [0.25, 0.3) is 0 Å². The number of ether oxygens (including phenoxy) is 1. The van der Waals surface area contributed by atoms with E-state index >= 15 is 0 Å². The van der Waals surface area contributed by atoms with Crippen LogP contribution in [-0.2, 0) is 0 Å². The molecule has 0 bridgehead atoms. The second-order valence-corrected chi connectivity index (χ2v) is 7.10. The fourth-order valence-electron chi connectivity index (χ4n) is 2.97. The van der Waals surface area contributed by atoms with Gasteiger partial charge in [-0.15, -0.1) is 0 Å². The highest BCUT2D eigenvalue weighted by Crippen LogP contribution is 2.29. The Morgan fingerprint density at radius 3 is 2.62 bits per heavy atom. The van der Waals surface area contributed by atoms with Crippen LogP contribution in [0.4, 0.5) is 5.69 Å². The van der Waals surface area contributed by atoms with Crippen molar-refractivity contribution in [2.75, 3.05) is 12.4 Å². The summed E-state index contributed by atoms with van der Waals surface area (Å²) in [4.78, 5) is 0. The summed E-state index contributed by atoms with van der Waals surface area (Å²) in [5.74, 6) is 2.11. The molecule has 1 saturated carbocycles. The average molecular weight is 367 g/mol. The van der Waals surface area contributed by atoms with E-state index in [1.54, 1.807) is 7.11 Å². The van der Waals surface area contributed by atoms with E-state index in [4.69, 9.17) is 29.2 Å². The zero-order valence-electron chi connectivity index (χ0n) is 14.4. The van der Waals surface area contributed by atoms with E-state index in [0.29, 0.717) is 22.2 Å². The first-order valence-corrected chi connectivity index (χ1v) is 9.09. The van der Waals surface area contributed by atoms with Gasteiger partial charge in [-0.3, -0.25) is 10.9 Å². The lowest BCUT2D eigenvalue weighted by atomic mass is 9.78. The number of hydrazine groups is 1. The molecule has 4 N–H and O–H groups in total. The molecule has 2 rings (SSSR count). The fourth-order valence-corrected chi connectivity index (χ4v) is 3.34. The Labute approximate surface area is 154 Å². The zero-order chi connectivity index (χ0) is 17.5. The molecule has 1 aliphatic rings. The molecule has 0 radical (unpaired) electrons. The van der Waals surface area contributed by atoms with Crippen LogP contribution in [0.15, 0.2) is 24.3 Å². The van der Waals surface area contributed by atoms with E-state index in [9.17, 15) is 0 Å². The third kappa shape index (κ3) is 5.49. The van der Waals surface area contributed by atoms with Gasteiger partial charge in [-0.1, -0.05) is 32.8 Å². The smallest absolute Gasteiger partial charge is 0.189 e. The van der Waals surface area contributed by atoms with E-state index in [1.807, 2.05) is 24.3 Å². The van der Waals surface area contributed by atoms with Gasteiger partial charge in [-0.05, 0) is 54.8 Å². The molecule has 0 aromatic heterocycles. The summed E-state index contributed by atoms with van der Waals surface area (Å²) in [7, 11) is 1.63. The molecule has 5 nitrogen and oxygen atoms in total. The monoisotopic (exact) mass is 366 g/mol. The summed E-state index contributed by atoms with van der Waals surface area (Å²) < 4.78 is 5.19. The van der Waals surface area contributed by atoms with Gasteiger partial charge in [0.05, 0.1) is 7.11 Å². The van der Waals surface area contributed by atoms with Crippen molar-refractivity contribution < 1.29 is 4.74 Å². The van der Waals surface area contributed by atoms with Crippen LogP contribution in [0.3, 0.4) is 0 Å². The van der Waals surface area contributed by atoms with Crippen LogP contribution in [0.25, 0.3) is 0 Å². The first kappa shape index (κ1) is 18.7. The zero-order valence-corrected chi connectivity index (χ0v) is 16.0. The van der Waals surface area contributed by atoms with Gasteiger partial charge < -0.3 is 15.4 Å². The minimum Gasteiger partial charge on any atom is -0.497 e. The number of rotatable bonds is 3. The molecule has 0 heterocycles. The van der Waals surface area contributed by atoms with Crippen LogP contribution in [-0.4, -0.2) is 23.4 Å². The van der Waals surface area contributed by atoms with Crippen LogP contribution in [0, 0.1) is 11.8 Å². The first-order valence-electron chi connectivity index (χ1n) is 8.27. The van der Waals surface area contributed by atoms with E-state index in [0.717, 1.165) is 23.8 Å². The number of nitrogens with one attached hydrogen (secondary N) is 4. The number of hydrogen-bond acceptors (Lipinski definition) is 3. The molecule has 1 fully saturated rings. The minimum atomic E-state index is 0.412. The van der Waals surface area contributed by atoms with Gasteiger partial charge in [0, 0.05) is 17.8 Å². The summed E-state index contributed by atoms with van der Waals surface area (Å²) in [6.45, 7) is 4.59. The first-order chi connectivity index (χ1) is 11.5. The van der Waals surface area contributed by atoms with Crippen molar-refractivity contribution in [3.63, 3.8) is 0 Å². The Kier molecular flexibility index (Phi) is 7.05. The Balaban J connectivity index is 1.75. The number of methoxy groups -OCH3 is 1. The summed E-state index contributed by atoms with van der Waals surface area (Å²) in [6, 6.07) is 7.98. The number of anilines is 1. The lowest BCUT2D eigenvalue weighted by molar-refractivity contribution is 0.224. The molecule has 0 saturated heterocycles. The Morgan fingerprint density at radius 1 is 1.12 bits per heavy atom. The Bertz CT molecular complexity index is 581. The van der Waals surface area contributed by atoms with Gasteiger partial charge in [-0.25, -0.2) is 0 Å². The van der Waals surface area contributed by atoms with Gasteiger partial charge in [0.2, 0.25) is 0 Å². The van der Waals surface area contributed by atoms with Crippen molar-refractivity contribution in [2.45, 2.75) is 39.2 Å². The number of benzene rings is 1. The van der Waals surface area contributed by atoms with Crippen LogP contribution < -0.4 is 26.2 Å². The highest BCUT2D eigenvalue weighted by Gasteiger charge is 2.27. The molecule has 1 aliphatic carbocycles. The Morgan fingerprint density at radius 2 is 1.88 bits per heavy atom. The Hall–Kier alpha value is -1.60. The number of hydrogen-bond donors (Lipinski definition) is 4. The third-order valence-electron chi connectivity index (χ3n) is 4.64. The molecule has 1 aromatic rings. The van der Waals surface area contributed by atoms with Crippen LogP contribution in [0.1, 0.15) is 33.1 Å². The molecule has 132 valence electrons. The maximum atomic E-state index is 5.36. The van der Waals surface area contributed by atoms with Gasteiger partial charge in [0.15, 0.2) is 10.2 Å². The van der Waals surface area contributed by atoms with Crippen molar-refractivity contribution in [3.05, 3.63) is 24.3 Å². The summed E-state index contributed by atoms with van der Waals surface area (Å²) in [5, 5.41) is 7.48. The van der Waals surface area contributed by atoms with E-state index in [-0.39, 0.29) is 0 Å². The second kappa shape index (κ2) is 9.03. The second-order valence-electron chi connectivity index (χ2n) is 6.28. The molecule has 0 amide bonds. The lowest BCUT2D eigenvalue weighted by Crippen LogP contribution is -2.53. The van der Waals surface area contributed by atoms with Crippen molar-refractivity contribution >= 4 is 40.3 Å². The van der Waals surface area contributed by atoms with Gasteiger partial charge in [0.1, 0.15) is 5.75 Å². The minimum absolute atomic E-state index is 0.412. The summed E-state index contributed by atoms with van der Waals surface area (Å²) in [5.41, 5.74) is 6.71. The highest BCUT2D eigenvalue weighted by atomic mass is 32.1. The average Bonchev–Trinajstić information content (AvgIpc) is 2.57. The SMILES string of the molecule is COc1cccc(NC(=S)NNC(=S)N[C@@H]2CCC[C@@H](C)[C@H]2C)c1. The van der Waals surface area contributed by atoms with Crippen molar-refractivity contribution in [3.8, 4) is 5.75 Å². The quantitative estimate of drug-likeness (QED) is 0.484. The normalized spacial score (nSPS) is 23.0. The molecule has 0 aliphatic heterocycles. The molecule has 7 heteroatoms. The van der Waals surface area contributed by atoms with E-state index < -0.39 is 0 Å². The summed E-state index contributed by atoms with van der Waals surface area (Å²) >= 11 is 10.6. The molecular weight excluding hydrogens is 340 g/mol. The summed E-state index contributed by atoms with van der Waals surface area (Å²) in [6.07, 6.45) is 3.70. The molecule has 1 aromatic carbocycles. The van der Waals surface area contributed by atoms with Crippen molar-refractivity contribution in [1.82, 2.24) is 16.2 Å². The van der Waals surface area contributed by atoms with Crippen LogP contribution >= 0.6 is 24.4 Å². The van der Waals surface area contributed by atoms with Crippen molar-refractivity contribution in [2.24, 2.45) is 11.8 Å². The molecule has 0 unspecified atom stereocenters. The fraction of sp³-hybridized carbons (Fsp3) is 0.529. The highest BCUT2D eigenvalue weighted by molar-refractivity contribution is 7.80. The van der Waals surface area contributed by atoms with E-state index in [1.165, 1.54) is 12.8 Å². The molecule has 24 heavy (non-hydrogen) atoms.